The smallest absolute Gasteiger partial charge is 0.128 e. The fourth-order valence-corrected chi connectivity index (χ4v) is 3.57. The van der Waals surface area contributed by atoms with Gasteiger partial charge in [-0.05, 0) is 36.8 Å². The molecule has 3 rings (SSSR count). The van der Waals surface area contributed by atoms with Gasteiger partial charge < -0.3 is 4.90 Å². The van der Waals surface area contributed by atoms with Crippen LogP contribution in [0.2, 0.25) is 0 Å². The fourth-order valence-electron chi connectivity index (χ4n) is 3.57. The molecular weight excluding hydrogens is 234 g/mol. The van der Waals surface area contributed by atoms with Gasteiger partial charge in [-0.3, -0.25) is 4.90 Å². The monoisotopic (exact) mass is 259 g/mol. The molecule has 0 aromatic carbocycles. The lowest BCUT2D eigenvalue weighted by Crippen LogP contribution is -2.50. The molecule has 2 aliphatic rings. The van der Waals surface area contributed by atoms with E-state index in [-0.39, 0.29) is 0 Å². The molecule has 0 bridgehead atoms. The highest BCUT2D eigenvalue weighted by molar-refractivity contribution is 5.38. The van der Waals surface area contributed by atoms with Crippen LogP contribution in [0, 0.1) is 5.41 Å². The predicted octanol–water partition coefficient (Wildman–Crippen LogP) is 2.78. The van der Waals surface area contributed by atoms with Gasteiger partial charge in [0.25, 0.3) is 0 Å². The molecule has 1 aromatic heterocycles. The van der Waals surface area contributed by atoms with Gasteiger partial charge in [0.1, 0.15) is 5.82 Å². The first-order valence-electron chi connectivity index (χ1n) is 7.54. The van der Waals surface area contributed by atoms with E-state index in [9.17, 15) is 0 Å². The molecular formula is C16H25N3. The normalized spacial score (nSPS) is 27.7. The van der Waals surface area contributed by atoms with Crippen LogP contribution in [-0.2, 0) is 0 Å². The van der Waals surface area contributed by atoms with Crippen molar-refractivity contribution in [1.29, 1.82) is 0 Å². The molecule has 2 heterocycles. The van der Waals surface area contributed by atoms with E-state index in [4.69, 9.17) is 0 Å². The zero-order chi connectivity index (χ0) is 13.3. The van der Waals surface area contributed by atoms with Gasteiger partial charge in [-0.15, -0.1) is 0 Å². The molecule has 1 unspecified atom stereocenters. The number of rotatable bonds is 2. The Labute approximate surface area is 116 Å². The molecule has 0 radical (unpaired) electrons. The molecule has 3 nitrogen and oxygen atoms in total. The van der Waals surface area contributed by atoms with E-state index >= 15 is 0 Å². The van der Waals surface area contributed by atoms with Crippen molar-refractivity contribution < 1.29 is 0 Å². The van der Waals surface area contributed by atoms with E-state index in [1.54, 1.807) is 0 Å². The summed E-state index contributed by atoms with van der Waals surface area (Å²) in [5.41, 5.74) is 0.558. The maximum absolute atomic E-state index is 4.46. The van der Waals surface area contributed by atoms with Gasteiger partial charge in [-0.2, -0.15) is 0 Å². The summed E-state index contributed by atoms with van der Waals surface area (Å²) in [7, 11) is 0. The van der Waals surface area contributed by atoms with Gasteiger partial charge >= 0.3 is 0 Å². The molecule has 3 heteroatoms. The third-order valence-corrected chi connectivity index (χ3v) is 4.75. The molecule has 0 N–H and O–H groups in total. The maximum Gasteiger partial charge on any atom is 0.128 e. The van der Waals surface area contributed by atoms with Gasteiger partial charge in [0, 0.05) is 38.4 Å². The summed E-state index contributed by atoms with van der Waals surface area (Å²) in [6, 6.07) is 7.00. The Morgan fingerprint density at radius 2 is 1.95 bits per heavy atom. The Bertz CT molecular complexity index is 407. The van der Waals surface area contributed by atoms with Crippen molar-refractivity contribution in [1.82, 2.24) is 9.88 Å². The SMILES string of the molecule is CC1(C)CCC(N2CCN(c3ccccn3)CC2)C1. The van der Waals surface area contributed by atoms with E-state index in [1.807, 2.05) is 12.3 Å². The van der Waals surface area contributed by atoms with Crippen molar-refractivity contribution in [2.24, 2.45) is 5.41 Å². The van der Waals surface area contributed by atoms with Gasteiger partial charge in [-0.25, -0.2) is 4.98 Å². The molecule has 0 spiro atoms. The third-order valence-electron chi connectivity index (χ3n) is 4.75. The van der Waals surface area contributed by atoms with Crippen LogP contribution in [0.25, 0.3) is 0 Å². The van der Waals surface area contributed by atoms with Gasteiger partial charge in [0.05, 0.1) is 0 Å². The van der Waals surface area contributed by atoms with Gasteiger partial charge in [0.2, 0.25) is 0 Å². The first kappa shape index (κ1) is 12.9. The zero-order valence-electron chi connectivity index (χ0n) is 12.2. The van der Waals surface area contributed by atoms with E-state index in [0.717, 1.165) is 24.9 Å². The second-order valence-electron chi connectivity index (χ2n) is 6.77. The molecule has 2 fully saturated rings. The first-order chi connectivity index (χ1) is 9.14. The number of hydrogen-bond acceptors (Lipinski definition) is 3. The van der Waals surface area contributed by atoms with Crippen LogP contribution in [0.3, 0.4) is 0 Å². The van der Waals surface area contributed by atoms with Crippen molar-refractivity contribution >= 4 is 5.82 Å². The van der Waals surface area contributed by atoms with Crippen LogP contribution >= 0.6 is 0 Å². The molecule has 1 saturated heterocycles. The highest BCUT2D eigenvalue weighted by atomic mass is 15.3. The topological polar surface area (TPSA) is 19.4 Å². The molecule has 19 heavy (non-hydrogen) atoms. The predicted molar refractivity (Wildman–Crippen MR) is 79.4 cm³/mol. The summed E-state index contributed by atoms with van der Waals surface area (Å²) >= 11 is 0. The minimum atomic E-state index is 0.558. The van der Waals surface area contributed by atoms with Crippen molar-refractivity contribution in [3.63, 3.8) is 0 Å². The first-order valence-corrected chi connectivity index (χ1v) is 7.54. The van der Waals surface area contributed by atoms with E-state index in [2.05, 4.69) is 40.8 Å². The molecule has 1 atom stereocenters. The van der Waals surface area contributed by atoms with Crippen LogP contribution in [0.5, 0.6) is 0 Å². The summed E-state index contributed by atoms with van der Waals surface area (Å²) in [5, 5.41) is 0. The van der Waals surface area contributed by atoms with Crippen LogP contribution < -0.4 is 4.90 Å². The minimum Gasteiger partial charge on any atom is -0.354 e. The van der Waals surface area contributed by atoms with E-state index in [0.29, 0.717) is 5.41 Å². The molecule has 1 aliphatic heterocycles. The summed E-state index contributed by atoms with van der Waals surface area (Å²) < 4.78 is 0. The third kappa shape index (κ3) is 2.92. The highest BCUT2D eigenvalue weighted by Gasteiger charge is 2.35. The average Bonchev–Trinajstić information content (AvgIpc) is 2.80. The molecule has 0 amide bonds. The second kappa shape index (κ2) is 5.12. The summed E-state index contributed by atoms with van der Waals surface area (Å²) in [5.74, 6) is 1.13. The number of nitrogens with zero attached hydrogens (tertiary/aromatic N) is 3. The lowest BCUT2D eigenvalue weighted by molar-refractivity contribution is 0.176. The summed E-state index contributed by atoms with van der Waals surface area (Å²) in [6.45, 7) is 9.45. The van der Waals surface area contributed by atoms with Crippen molar-refractivity contribution in [3.05, 3.63) is 24.4 Å². The van der Waals surface area contributed by atoms with Gasteiger partial charge in [-0.1, -0.05) is 19.9 Å². The molecule has 1 aromatic rings. The highest BCUT2D eigenvalue weighted by Crippen LogP contribution is 2.39. The largest absolute Gasteiger partial charge is 0.354 e. The number of piperazine rings is 1. The second-order valence-corrected chi connectivity index (χ2v) is 6.77. The average molecular weight is 259 g/mol. The summed E-state index contributed by atoms with van der Waals surface area (Å²) in [6.07, 6.45) is 6.03. The number of pyridine rings is 1. The fraction of sp³-hybridized carbons (Fsp3) is 0.688. The Balaban J connectivity index is 1.56. The number of aromatic nitrogens is 1. The Morgan fingerprint density at radius 3 is 2.53 bits per heavy atom. The van der Waals surface area contributed by atoms with Crippen LogP contribution in [0.15, 0.2) is 24.4 Å². The Hall–Kier alpha value is -1.09. The summed E-state index contributed by atoms with van der Waals surface area (Å²) in [4.78, 5) is 9.57. The van der Waals surface area contributed by atoms with E-state index in [1.165, 1.54) is 32.4 Å². The number of hydrogen-bond donors (Lipinski definition) is 0. The Kier molecular flexibility index (Phi) is 3.48. The quantitative estimate of drug-likeness (QED) is 0.814. The lowest BCUT2D eigenvalue weighted by Gasteiger charge is -2.39. The molecule has 1 saturated carbocycles. The lowest BCUT2D eigenvalue weighted by atomic mass is 9.91. The maximum atomic E-state index is 4.46. The Morgan fingerprint density at radius 1 is 1.16 bits per heavy atom. The standard InChI is InChI=1S/C16H25N3/c1-16(2)7-6-14(13-16)18-9-11-19(12-10-18)15-5-3-4-8-17-15/h3-5,8,14H,6-7,9-13H2,1-2H3. The number of anilines is 1. The minimum absolute atomic E-state index is 0.558. The van der Waals surface area contributed by atoms with Gasteiger partial charge in [0.15, 0.2) is 0 Å². The van der Waals surface area contributed by atoms with Crippen molar-refractivity contribution in [2.75, 3.05) is 31.1 Å². The molecule has 104 valence electrons. The van der Waals surface area contributed by atoms with Crippen molar-refractivity contribution in [2.45, 2.75) is 39.2 Å². The van der Waals surface area contributed by atoms with Crippen LogP contribution in [0.1, 0.15) is 33.1 Å². The van der Waals surface area contributed by atoms with E-state index < -0.39 is 0 Å². The van der Waals surface area contributed by atoms with Crippen LogP contribution in [0.4, 0.5) is 5.82 Å². The van der Waals surface area contributed by atoms with Crippen LogP contribution in [-0.4, -0.2) is 42.1 Å². The molecule has 1 aliphatic carbocycles. The van der Waals surface area contributed by atoms with Crippen molar-refractivity contribution in [3.8, 4) is 0 Å². The zero-order valence-corrected chi connectivity index (χ0v) is 12.2.